The molecule has 1 aliphatic rings. The minimum absolute atomic E-state index is 0.244. The average molecular weight is 531 g/mol. The normalized spacial score (nSPS) is 14.7. The summed E-state index contributed by atoms with van der Waals surface area (Å²) < 4.78 is 1.80. The molecule has 38 heavy (non-hydrogen) atoms. The molecule has 0 radical (unpaired) electrons. The minimum atomic E-state index is -0.567. The van der Waals surface area contributed by atoms with Gasteiger partial charge in [-0.05, 0) is 80.2 Å². The second kappa shape index (κ2) is 11.8. The molecule has 1 fully saturated rings. The second-order valence-corrected chi connectivity index (χ2v) is 9.98. The third-order valence-electron chi connectivity index (χ3n) is 6.86. The molecule has 196 valence electrons. The van der Waals surface area contributed by atoms with Crippen molar-refractivity contribution in [2.45, 2.75) is 31.7 Å². The monoisotopic (exact) mass is 530 g/mol. The maximum absolute atomic E-state index is 12.9. The van der Waals surface area contributed by atoms with Gasteiger partial charge in [-0.2, -0.15) is 4.98 Å². The van der Waals surface area contributed by atoms with Crippen LogP contribution in [0.2, 0.25) is 5.02 Å². The number of rotatable bonds is 8. The Hall–Kier alpha value is -3.72. The Kier molecular flexibility index (Phi) is 8.03. The molecule has 2 aromatic heterocycles. The summed E-state index contributed by atoms with van der Waals surface area (Å²) in [4.78, 5) is 22.1. The molecule has 4 N–H and O–H groups in total. The zero-order chi connectivity index (χ0) is 26.5. The van der Waals surface area contributed by atoms with E-state index in [1.165, 1.54) is 5.56 Å². The predicted molar refractivity (Wildman–Crippen MR) is 149 cm³/mol. The summed E-state index contributed by atoms with van der Waals surface area (Å²) in [5.74, 6) is 1.44. The van der Waals surface area contributed by atoms with Gasteiger partial charge in [0.05, 0.1) is 18.2 Å². The van der Waals surface area contributed by atoms with E-state index in [0.717, 1.165) is 42.7 Å². The summed E-state index contributed by atoms with van der Waals surface area (Å²) >= 11 is 6.07. The minimum Gasteiger partial charge on any atom is -0.394 e. The Morgan fingerprint density at radius 2 is 1.97 bits per heavy atom. The van der Waals surface area contributed by atoms with Crippen LogP contribution in [0.1, 0.15) is 51.8 Å². The number of piperidine rings is 1. The molecule has 2 aromatic carbocycles. The van der Waals surface area contributed by atoms with Crippen LogP contribution in [0.3, 0.4) is 0 Å². The van der Waals surface area contributed by atoms with Gasteiger partial charge in [-0.1, -0.05) is 35.9 Å². The van der Waals surface area contributed by atoms with Crippen molar-refractivity contribution in [3.05, 3.63) is 100 Å². The Morgan fingerprint density at radius 3 is 2.71 bits per heavy atom. The molecule has 4 aromatic rings. The summed E-state index contributed by atoms with van der Waals surface area (Å²) in [6.45, 7) is 3.81. The van der Waals surface area contributed by atoms with Crippen LogP contribution in [0.5, 0.6) is 0 Å². The Bertz CT molecular complexity index is 1400. The summed E-state index contributed by atoms with van der Waals surface area (Å²) in [5, 5.41) is 19.9. The van der Waals surface area contributed by atoms with Crippen LogP contribution in [0.25, 0.3) is 5.82 Å². The molecule has 0 saturated carbocycles. The number of halogens is 1. The number of aromatic nitrogens is 3. The number of carbonyl (C=O) groups is 1. The van der Waals surface area contributed by atoms with E-state index < -0.39 is 6.04 Å². The van der Waals surface area contributed by atoms with Crippen LogP contribution >= 0.6 is 11.6 Å². The van der Waals surface area contributed by atoms with Gasteiger partial charge in [0.25, 0.3) is 5.91 Å². The number of hydrogen-bond donors (Lipinski definition) is 4. The maximum Gasteiger partial charge on any atom is 0.253 e. The highest BCUT2D eigenvalue weighted by Gasteiger charge is 2.18. The van der Waals surface area contributed by atoms with Gasteiger partial charge in [0.15, 0.2) is 0 Å². The van der Waals surface area contributed by atoms with E-state index in [2.05, 4.69) is 45.2 Å². The third-order valence-corrected chi connectivity index (χ3v) is 7.10. The molecule has 1 aliphatic heterocycles. The lowest BCUT2D eigenvalue weighted by Crippen LogP contribution is -2.30. The number of aryl methyl sites for hydroxylation is 1. The number of hydrogen-bond acceptors (Lipinski definition) is 6. The molecular formula is C29H31ClN6O2. The third kappa shape index (κ3) is 6.05. The van der Waals surface area contributed by atoms with E-state index in [4.69, 9.17) is 16.6 Å². The first kappa shape index (κ1) is 25.9. The standard InChI is InChI=1S/C29H31ClN6O2/c1-19-16-32-29(33-25-7-5-20(6-8-25)21-9-12-31-13-10-21)35-27(19)36-14-11-23(17-36)28(38)34-26(18-37)22-3-2-4-24(30)15-22/h2-8,11,14-17,21,26,31,37H,9-10,12-13,18H2,1H3,(H,34,38)(H,32,33,35). The van der Waals surface area contributed by atoms with Crippen molar-refractivity contribution in [3.8, 4) is 5.82 Å². The number of anilines is 2. The molecule has 0 aliphatic carbocycles. The van der Waals surface area contributed by atoms with E-state index in [0.29, 0.717) is 28.3 Å². The molecule has 8 nitrogen and oxygen atoms in total. The fourth-order valence-electron chi connectivity index (χ4n) is 4.74. The molecule has 1 saturated heterocycles. The first-order valence-electron chi connectivity index (χ1n) is 12.8. The highest BCUT2D eigenvalue weighted by molar-refractivity contribution is 6.30. The van der Waals surface area contributed by atoms with Crippen molar-refractivity contribution >= 4 is 29.1 Å². The maximum atomic E-state index is 12.9. The van der Waals surface area contributed by atoms with Crippen molar-refractivity contribution in [2.24, 2.45) is 0 Å². The number of aliphatic hydroxyl groups excluding tert-OH is 1. The average Bonchev–Trinajstić information content (AvgIpc) is 3.44. The molecule has 9 heteroatoms. The van der Waals surface area contributed by atoms with Crippen LogP contribution < -0.4 is 16.0 Å². The number of nitrogens with one attached hydrogen (secondary N) is 3. The fourth-order valence-corrected chi connectivity index (χ4v) is 4.94. The molecular weight excluding hydrogens is 500 g/mol. The zero-order valence-electron chi connectivity index (χ0n) is 21.2. The van der Waals surface area contributed by atoms with Gasteiger partial charge in [-0.25, -0.2) is 4.98 Å². The molecule has 0 bridgehead atoms. The van der Waals surface area contributed by atoms with Gasteiger partial charge < -0.3 is 25.6 Å². The van der Waals surface area contributed by atoms with Crippen molar-refractivity contribution < 1.29 is 9.90 Å². The first-order valence-corrected chi connectivity index (χ1v) is 13.1. The van der Waals surface area contributed by atoms with Gasteiger partial charge in [-0.15, -0.1) is 0 Å². The van der Waals surface area contributed by atoms with Crippen LogP contribution in [0.4, 0.5) is 11.6 Å². The van der Waals surface area contributed by atoms with E-state index in [-0.39, 0.29) is 12.5 Å². The lowest BCUT2D eigenvalue weighted by atomic mass is 9.90. The number of aliphatic hydroxyl groups is 1. The number of amides is 1. The van der Waals surface area contributed by atoms with Crippen LogP contribution in [0, 0.1) is 6.92 Å². The molecule has 3 heterocycles. The zero-order valence-corrected chi connectivity index (χ0v) is 21.9. The fraction of sp³-hybridized carbons (Fsp3) is 0.276. The van der Waals surface area contributed by atoms with Gasteiger partial charge in [0.2, 0.25) is 5.95 Å². The van der Waals surface area contributed by atoms with Crippen molar-refractivity contribution in [1.82, 2.24) is 25.2 Å². The Morgan fingerprint density at radius 1 is 1.18 bits per heavy atom. The lowest BCUT2D eigenvalue weighted by molar-refractivity contribution is 0.0916. The highest BCUT2D eigenvalue weighted by atomic mass is 35.5. The smallest absolute Gasteiger partial charge is 0.253 e. The molecule has 1 unspecified atom stereocenters. The quantitative estimate of drug-likeness (QED) is 0.258. The number of benzene rings is 2. The second-order valence-electron chi connectivity index (χ2n) is 9.54. The number of nitrogens with zero attached hydrogens (tertiary/aromatic N) is 3. The van der Waals surface area contributed by atoms with Gasteiger partial charge in [-0.3, -0.25) is 4.79 Å². The van der Waals surface area contributed by atoms with Crippen LogP contribution in [0.15, 0.2) is 73.2 Å². The van der Waals surface area contributed by atoms with Crippen molar-refractivity contribution in [1.29, 1.82) is 0 Å². The lowest BCUT2D eigenvalue weighted by Gasteiger charge is -2.23. The largest absolute Gasteiger partial charge is 0.394 e. The number of carbonyl (C=O) groups excluding carboxylic acids is 1. The van der Waals surface area contributed by atoms with Crippen molar-refractivity contribution in [2.75, 3.05) is 25.0 Å². The molecule has 0 spiro atoms. The Labute approximate surface area is 227 Å². The molecule has 1 atom stereocenters. The highest BCUT2D eigenvalue weighted by Crippen LogP contribution is 2.27. The first-order chi connectivity index (χ1) is 18.5. The van der Waals surface area contributed by atoms with Crippen LogP contribution in [-0.2, 0) is 0 Å². The van der Waals surface area contributed by atoms with E-state index in [1.54, 1.807) is 47.4 Å². The SMILES string of the molecule is Cc1cnc(Nc2ccc(C3CCNCC3)cc2)nc1-n1ccc(C(=O)NC(CO)c2cccc(Cl)c2)c1. The summed E-state index contributed by atoms with van der Waals surface area (Å²) in [7, 11) is 0. The summed E-state index contributed by atoms with van der Waals surface area (Å²) in [6.07, 6.45) is 7.59. The summed E-state index contributed by atoms with van der Waals surface area (Å²) in [5.41, 5.74) is 4.33. The van der Waals surface area contributed by atoms with Gasteiger partial charge in [0, 0.05) is 34.9 Å². The molecule has 5 rings (SSSR count). The molecule has 1 amide bonds. The van der Waals surface area contributed by atoms with E-state index in [1.807, 2.05) is 13.0 Å². The van der Waals surface area contributed by atoms with E-state index >= 15 is 0 Å². The van der Waals surface area contributed by atoms with Crippen molar-refractivity contribution in [3.63, 3.8) is 0 Å². The topological polar surface area (TPSA) is 104 Å². The predicted octanol–water partition coefficient (Wildman–Crippen LogP) is 4.90. The van der Waals surface area contributed by atoms with Gasteiger partial charge >= 0.3 is 0 Å². The van der Waals surface area contributed by atoms with E-state index in [9.17, 15) is 9.90 Å². The van der Waals surface area contributed by atoms with Gasteiger partial charge in [0.1, 0.15) is 5.82 Å². The Balaban J connectivity index is 1.28. The van der Waals surface area contributed by atoms with Crippen LogP contribution in [-0.4, -0.2) is 45.2 Å². The summed E-state index contributed by atoms with van der Waals surface area (Å²) in [6, 6.07) is 16.7.